The molecule has 1 fully saturated rings. The number of aliphatic hydroxyl groups is 1. The number of hydrogen-bond acceptors (Lipinski definition) is 21. The van der Waals surface area contributed by atoms with Gasteiger partial charge in [-0.15, -0.1) is 0 Å². The van der Waals surface area contributed by atoms with E-state index in [2.05, 4.69) is 31.4 Å². The fourth-order valence-electron chi connectivity index (χ4n) is 15.5. The molecular weight excluding hydrogens is 1690 g/mol. The van der Waals surface area contributed by atoms with E-state index in [0.717, 1.165) is 161 Å². The van der Waals surface area contributed by atoms with Crippen molar-refractivity contribution in [2.45, 2.75) is 450 Å². The predicted octanol–water partition coefficient (Wildman–Crippen LogP) is 25.9. The van der Waals surface area contributed by atoms with Crippen LogP contribution in [-0.2, 0) is 120 Å². The van der Waals surface area contributed by atoms with Crippen LogP contribution >= 0.6 is 15.4 Å². The Morgan fingerprint density at radius 1 is 0.419 bits per heavy atom. The number of nitrogens with one attached hydrogen (secondary N) is 2. The first-order valence-corrected chi connectivity index (χ1v) is 55.7. The van der Waals surface area contributed by atoms with Crippen LogP contribution in [0.25, 0.3) is 0 Å². The van der Waals surface area contributed by atoms with Crippen LogP contribution in [0.15, 0.2) is 121 Å². The minimum absolute atomic E-state index is 0.0900. The Kier molecular flexibility index (Phi) is 58.5. The molecule has 9 atom stereocenters. The van der Waals surface area contributed by atoms with Gasteiger partial charge in [-0.1, -0.05) is 376 Å². The number of esters is 4. The fourth-order valence-corrected chi connectivity index (χ4v) is 19.8. The minimum atomic E-state index is -5.48. The molecule has 4 aromatic carbocycles. The molecule has 0 saturated carbocycles. The third-order valence-electron chi connectivity index (χ3n) is 24.4. The van der Waals surface area contributed by atoms with Gasteiger partial charge in [-0.05, 0) is 98.2 Å². The van der Waals surface area contributed by atoms with E-state index in [1.54, 1.807) is 84.9 Å². The Labute approximate surface area is 777 Å². The second kappa shape index (κ2) is 66.4. The number of benzene rings is 4. The van der Waals surface area contributed by atoms with Gasteiger partial charge in [-0.25, -0.2) is 4.57 Å². The standard InChI is InChI=1S/C103H168N2O21P2Si/c1-12-18-24-27-30-33-36-39-57-68-89(122-95(108)71-46-21-15-4)74-93(106)104-88(82-120-128(114,118-79-86-64-53-44-54-65-86)119-80-87-66-55-45-56-67-87)81-115-101-99(105-94(107)75-90(123-96(109)72-47-22-16-5)69-58-40-37-34-31-28-25-19-13-2)100(126-98(111)76-91(124-97(110)73-48-23-17-6)70-59-41-38-35-32-29-26-20-14-3)103(112,92(125-101)83-121-129(10,11)102(7,8)9)127(113,116-77-84-60-49-42-50-61-84)117-78-85-62-51-43-52-63-85/h42-45,49-56,60-67,88-92,99-101,112H,12-41,46-48,57-59,68-83H2,1-11H3,(H,104,106)(H,105,107)/t88-,89-,90-,91-,92-,99-,100-,101-,103+/m1/s1. The van der Waals surface area contributed by atoms with Crippen LogP contribution in [0.3, 0.4) is 0 Å². The maximum Gasteiger partial charge on any atom is 0.475 e. The molecule has 0 aliphatic carbocycles. The summed E-state index contributed by atoms with van der Waals surface area (Å²) in [5.74, 6) is -3.90. The fraction of sp³-hybridized carbons (Fsp3) is 0.709. The topological polar surface area (TPSA) is 292 Å². The van der Waals surface area contributed by atoms with E-state index in [4.69, 9.17) is 55.5 Å². The van der Waals surface area contributed by atoms with E-state index in [1.165, 1.54) is 32.1 Å². The zero-order chi connectivity index (χ0) is 93.7. The van der Waals surface area contributed by atoms with Gasteiger partial charge < -0.3 is 57.6 Å². The van der Waals surface area contributed by atoms with Crippen LogP contribution in [0, 0.1) is 0 Å². The van der Waals surface area contributed by atoms with Crippen molar-refractivity contribution in [3.63, 3.8) is 0 Å². The summed E-state index contributed by atoms with van der Waals surface area (Å²) in [6.45, 7) is 19.4. The summed E-state index contributed by atoms with van der Waals surface area (Å²) in [6, 6.07) is 32.4. The molecular formula is C103H168N2O21P2Si. The van der Waals surface area contributed by atoms with Crippen LogP contribution in [0.4, 0.5) is 0 Å². The first kappa shape index (κ1) is 114. The highest BCUT2D eigenvalue weighted by molar-refractivity contribution is 7.55. The molecule has 2 amide bonds. The number of phosphoric acid groups is 1. The summed E-state index contributed by atoms with van der Waals surface area (Å²) in [5.41, 5.74) is 2.30. The van der Waals surface area contributed by atoms with Gasteiger partial charge in [-0.3, -0.25) is 46.9 Å². The van der Waals surface area contributed by atoms with Crippen molar-refractivity contribution in [1.29, 1.82) is 0 Å². The summed E-state index contributed by atoms with van der Waals surface area (Å²) >= 11 is 0. The van der Waals surface area contributed by atoms with Gasteiger partial charge in [0.25, 0.3) is 0 Å². The number of amides is 2. The molecule has 0 bridgehead atoms. The molecule has 4 aromatic rings. The molecule has 1 saturated heterocycles. The highest BCUT2D eigenvalue weighted by Gasteiger charge is 2.70. The third-order valence-corrected chi connectivity index (χ3v) is 32.6. The third kappa shape index (κ3) is 47.2. The SMILES string of the molecule is CCCCCCCCCCC[C@H](CC(=O)N[C@H](CO[C@@H]1O[C@H](CO[Si](C)(C)C(C)(C)C)[C@](O)(P(=O)(OCc2ccccc2)OCc2ccccc2)[C@H](OC(=O)C[C@@H](CCCCCCCCCCC)OC(=O)CCCCC)[C@H]1NC(=O)C[C@@H](CCCCCCCCCCC)OC(=O)CCCCC)COP(=O)(OCc1ccccc1)OCc1ccccc1)OC(=O)CCCCC. The predicted molar refractivity (Wildman–Crippen MR) is 514 cm³/mol. The molecule has 1 aliphatic heterocycles. The summed E-state index contributed by atoms with van der Waals surface area (Å²) in [7, 11) is -13.2. The Morgan fingerprint density at radius 3 is 1.10 bits per heavy atom. The normalized spacial score (nSPS) is 17.1. The van der Waals surface area contributed by atoms with Gasteiger partial charge in [0.15, 0.2) is 20.7 Å². The molecule has 23 nitrogen and oxygen atoms in total. The molecule has 0 spiro atoms. The number of phosphoric ester groups is 1. The summed E-state index contributed by atoms with van der Waals surface area (Å²) in [4.78, 5) is 89.3. The maximum atomic E-state index is 17.6. The van der Waals surface area contributed by atoms with Crippen molar-refractivity contribution in [2.75, 3.05) is 19.8 Å². The van der Waals surface area contributed by atoms with Crippen molar-refractivity contribution in [2.24, 2.45) is 0 Å². The van der Waals surface area contributed by atoms with Gasteiger partial charge in [0, 0.05) is 19.3 Å². The van der Waals surface area contributed by atoms with E-state index in [9.17, 15) is 14.4 Å². The van der Waals surface area contributed by atoms with Gasteiger partial charge >= 0.3 is 39.3 Å². The van der Waals surface area contributed by atoms with E-state index >= 15 is 28.6 Å². The monoisotopic (exact) mass is 1860 g/mol. The molecule has 26 heteroatoms. The number of ether oxygens (including phenoxy) is 6. The summed E-state index contributed by atoms with van der Waals surface area (Å²) < 4.78 is 113. The molecule has 0 aromatic heterocycles. The van der Waals surface area contributed by atoms with Crippen molar-refractivity contribution in [3.05, 3.63) is 144 Å². The van der Waals surface area contributed by atoms with Crippen molar-refractivity contribution < 1.29 is 98.5 Å². The van der Waals surface area contributed by atoms with Crippen molar-refractivity contribution in [3.8, 4) is 0 Å². The number of carbonyl (C=O) groups excluding carboxylic acids is 6. The number of unbranched alkanes of at least 4 members (excludes halogenated alkanes) is 30. The smallest absolute Gasteiger partial charge is 0.462 e. The number of carbonyl (C=O) groups is 6. The molecule has 3 N–H and O–H groups in total. The highest BCUT2D eigenvalue weighted by Crippen LogP contribution is 2.66. The summed E-state index contributed by atoms with van der Waals surface area (Å²) in [6.07, 6.45) is 24.8. The lowest BCUT2D eigenvalue weighted by Crippen LogP contribution is -2.72. The Bertz CT molecular complexity index is 3640. The van der Waals surface area contributed by atoms with E-state index in [-0.39, 0.29) is 45.3 Å². The van der Waals surface area contributed by atoms with Crippen LogP contribution in [0.5, 0.6) is 0 Å². The lowest BCUT2D eigenvalue weighted by atomic mass is 9.95. The maximum absolute atomic E-state index is 17.6. The lowest BCUT2D eigenvalue weighted by Gasteiger charge is -2.52. The molecule has 0 radical (unpaired) electrons. The zero-order valence-corrected chi connectivity index (χ0v) is 83.7. The molecule has 129 heavy (non-hydrogen) atoms. The Hall–Kier alpha value is -5.98. The van der Waals surface area contributed by atoms with Gasteiger partial charge in [0.2, 0.25) is 17.2 Å². The van der Waals surface area contributed by atoms with Gasteiger partial charge in [0.1, 0.15) is 30.5 Å². The van der Waals surface area contributed by atoms with Crippen LogP contribution in [0.2, 0.25) is 18.1 Å². The Morgan fingerprint density at radius 2 is 0.744 bits per heavy atom. The first-order valence-electron chi connectivity index (χ1n) is 49.8. The van der Waals surface area contributed by atoms with Crippen molar-refractivity contribution >= 4 is 59.4 Å². The molecule has 5 rings (SSSR count). The van der Waals surface area contributed by atoms with Crippen LogP contribution < -0.4 is 10.6 Å². The molecule has 1 heterocycles. The number of rotatable bonds is 76. The Balaban J connectivity index is 1.83. The van der Waals surface area contributed by atoms with Gasteiger partial charge in [0.05, 0.1) is 71.6 Å². The molecule has 0 unspecified atom stereocenters. The average molecular weight is 1860 g/mol. The molecule has 1 aliphatic rings. The largest absolute Gasteiger partial charge is 0.475 e. The summed E-state index contributed by atoms with van der Waals surface area (Å²) in [5, 5.41) is 17.4. The zero-order valence-electron chi connectivity index (χ0n) is 80.9. The second-order valence-corrected chi connectivity index (χ2v) is 45.6. The highest BCUT2D eigenvalue weighted by atomic mass is 31.2. The van der Waals surface area contributed by atoms with E-state index < -0.39 is 165 Å². The lowest BCUT2D eigenvalue weighted by molar-refractivity contribution is -0.290. The molecule has 730 valence electrons. The van der Waals surface area contributed by atoms with E-state index in [0.29, 0.717) is 73.6 Å². The van der Waals surface area contributed by atoms with Crippen molar-refractivity contribution in [1.82, 2.24) is 10.6 Å². The quantitative estimate of drug-likeness (QED) is 0.0122. The first-order chi connectivity index (χ1) is 62.2. The van der Waals surface area contributed by atoms with Gasteiger partial charge in [-0.2, -0.15) is 0 Å². The minimum Gasteiger partial charge on any atom is -0.462 e. The number of hydrogen-bond donors (Lipinski definition) is 3. The van der Waals surface area contributed by atoms with Crippen LogP contribution in [-0.4, -0.2) is 123 Å². The second-order valence-electron chi connectivity index (χ2n) is 36.9. The average Bonchev–Trinajstić information content (AvgIpc) is 0.717. The van der Waals surface area contributed by atoms with E-state index in [1.807, 2.05) is 91.0 Å². The van der Waals surface area contributed by atoms with Crippen LogP contribution in [0.1, 0.15) is 374 Å².